The SMILES string of the molecule is Fc1cccc(Cl)c1CN([C@H]1CCNC1)[C@H]1CCOC1.O=C(O)C(O)C(O)C(=O)O. The molecular formula is C19H26ClFN2O7. The van der Waals surface area contributed by atoms with Crippen LogP contribution in [0.25, 0.3) is 0 Å². The molecular weight excluding hydrogens is 423 g/mol. The first-order chi connectivity index (χ1) is 14.2. The Hall–Kier alpha value is -1.82. The van der Waals surface area contributed by atoms with E-state index in [1.54, 1.807) is 12.1 Å². The first-order valence-corrected chi connectivity index (χ1v) is 9.89. The van der Waals surface area contributed by atoms with E-state index in [0.29, 0.717) is 29.2 Å². The van der Waals surface area contributed by atoms with Gasteiger partial charge in [0.05, 0.1) is 6.61 Å². The van der Waals surface area contributed by atoms with Crippen LogP contribution < -0.4 is 5.32 Å². The van der Waals surface area contributed by atoms with Crippen molar-refractivity contribution in [2.24, 2.45) is 0 Å². The molecule has 1 aromatic rings. The minimum Gasteiger partial charge on any atom is -0.479 e. The zero-order valence-corrected chi connectivity index (χ0v) is 17.0. The Morgan fingerprint density at radius 3 is 2.33 bits per heavy atom. The molecule has 2 aliphatic heterocycles. The number of nitrogens with one attached hydrogen (secondary N) is 1. The molecule has 0 aliphatic carbocycles. The predicted octanol–water partition coefficient (Wildman–Crippen LogP) is 0.309. The number of halogens is 2. The van der Waals surface area contributed by atoms with Crippen molar-refractivity contribution < 1.29 is 39.1 Å². The smallest absolute Gasteiger partial charge is 0.335 e. The van der Waals surface area contributed by atoms with Gasteiger partial charge in [-0.05, 0) is 31.5 Å². The molecule has 0 amide bonds. The topological polar surface area (TPSA) is 140 Å². The van der Waals surface area contributed by atoms with Gasteiger partial charge in [-0.3, -0.25) is 4.90 Å². The Labute approximate surface area is 178 Å². The number of nitrogens with zero attached hydrogens (tertiary/aromatic N) is 1. The van der Waals surface area contributed by atoms with E-state index in [2.05, 4.69) is 10.2 Å². The van der Waals surface area contributed by atoms with Crippen molar-refractivity contribution in [3.63, 3.8) is 0 Å². The molecule has 2 unspecified atom stereocenters. The maximum atomic E-state index is 14.0. The summed E-state index contributed by atoms with van der Waals surface area (Å²) >= 11 is 6.17. The Morgan fingerprint density at radius 1 is 1.20 bits per heavy atom. The van der Waals surface area contributed by atoms with E-state index in [-0.39, 0.29) is 5.82 Å². The molecule has 11 heteroatoms. The van der Waals surface area contributed by atoms with Gasteiger partial charge in [0.2, 0.25) is 0 Å². The molecule has 2 aliphatic rings. The highest BCUT2D eigenvalue weighted by molar-refractivity contribution is 6.31. The summed E-state index contributed by atoms with van der Waals surface area (Å²) in [6.07, 6.45) is -2.42. The van der Waals surface area contributed by atoms with Gasteiger partial charge in [-0.15, -0.1) is 0 Å². The lowest BCUT2D eigenvalue weighted by Crippen LogP contribution is -2.44. The van der Waals surface area contributed by atoms with E-state index in [4.69, 9.17) is 36.8 Å². The van der Waals surface area contributed by atoms with E-state index < -0.39 is 24.1 Å². The summed E-state index contributed by atoms with van der Waals surface area (Å²) < 4.78 is 19.5. The number of hydrogen-bond acceptors (Lipinski definition) is 7. The van der Waals surface area contributed by atoms with Crippen LogP contribution in [0.4, 0.5) is 4.39 Å². The van der Waals surface area contributed by atoms with Crippen LogP contribution in [0.3, 0.4) is 0 Å². The molecule has 4 atom stereocenters. The molecule has 9 nitrogen and oxygen atoms in total. The molecule has 0 saturated carbocycles. The number of hydrogen-bond donors (Lipinski definition) is 5. The summed E-state index contributed by atoms with van der Waals surface area (Å²) in [4.78, 5) is 21.9. The lowest BCUT2D eigenvalue weighted by molar-refractivity contribution is -0.165. The summed E-state index contributed by atoms with van der Waals surface area (Å²) in [6, 6.07) is 5.71. The Kier molecular flexibility index (Phi) is 9.40. The van der Waals surface area contributed by atoms with Crippen LogP contribution in [0.5, 0.6) is 0 Å². The molecule has 0 radical (unpaired) electrons. The zero-order chi connectivity index (χ0) is 22.3. The summed E-state index contributed by atoms with van der Waals surface area (Å²) in [5.41, 5.74) is 0.605. The van der Waals surface area contributed by atoms with Gasteiger partial charge in [-0.1, -0.05) is 17.7 Å². The monoisotopic (exact) mass is 448 g/mol. The zero-order valence-electron chi connectivity index (χ0n) is 16.2. The van der Waals surface area contributed by atoms with Crippen molar-refractivity contribution >= 4 is 23.5 Å². The minimum absolute atomic E-state index is 0.215. The van der Waals surface area contributed by atoms with Gasteiger partial charge in [0.15, 0.2) is 12.2 Å². The number of aliphatic hydroxyl groups excluding tert-OH is 2. The molecule has 168 valence electrons. The Bertz CT molecular complexity index is 673. The highest BCUT2D eigenvalue weighted by Gasteiger charge is 2.32. The largest absolute Gasteiger partial charge is 0.479 e. The number of aliphatic carboxylic acids is 2. The molecule has 5 N–H and O–H groups in total. The number of ether oxygens (including phenoxy) is 1. The van der Waals surface area contributed by atoms with E-state index >= 15 is 0 Å². The number of carboxylic acids is 2. The van der Waals surface area contributed by atoms with Crippen molar-refractivity contribution in [2.45, 2.75) is 43.7 Å². The standard InChI is InChI=1S/C15H20ClFN2O.C4H6O6/c16-14-2-1-3-15(17)13(14)9-19(11-4-6-18-8-11)12-5-7-20-10-12;5-1(3(7)8)2(6)4(9)10/h1-3,11-12,18H,4-10H2;1-2,5-6H,(H,7,8)(H,9,10)/t11-,12-;/m0./s1. The van der Waals surface area contributed by atoms with E-state index in [0.717, 1.165) is 39.1 Å². The molecule has 3 rings (SSSR count). The van der Waals surface area contributed by atoms with Crippen molar-refractivity contribution in [3.8, 4) is 0 Å². The second-order valence-electron chi connectivity index (χ2n) is 7.10. The molecule has 1 aromatic carbocycles. The van der Waals surface area contributed by atoms with Crippen LogP contribution in [0.2, 0.25) is 5.02 Å². The average Bonchev–Trinajstić information content (AvgIpc) is 3.41. The summed E-state index contributed by atoms with van der Waals surface area (Å²) in [6.45, 7) is 4.09. The fraction of sp³-hybridized carbons (Fsp3) is 0.579. The third-order valence-electron chi connectivity index (χ3n) is 5.09. The van der Waals surface area contributed by atoms with Gasteiger partial charge in [0.1, 0.15) is 5.82 Å². The van der Waals surface area contributed by atoms with Gasteiger partial charge >= 0.3 is 11.9 Å². The molecule has 0 bridgehead atoms. The highest BCUT2D eigenvalue weighted by atomic mass is 35.5. The van der Waals surface area contributed by atoms with Crippen molar-refractivity contribution in [3.05, 3.63) is 34.6 Å². The highest BCUT2D eigenvalue weighted by Crippen LogP contribution is 2.26. The Morgan fingerprint density at radius 2 is 1.87 bits per heavy atom. The third kappa shape index (κ3) is 6.59. The molecule has 2 heterocycles. The van der Waals surface area contributed by atoms with E-state index in [1.807, 2.05) is 0 Å². The minimum atomic E-state index is -2.27. The van der Waals surface area contributed by atoms with E-state index in [9.17, 15) is 14.0 Å². The van der Waals surface area contributed by atoms with Crippen LogP contribution >= 0.6 is 11.6 Å². The number of carbonyl (C=O) groups is 2. The quantitative estimate of drug-likeness (QED) is 0.398. The second kappa shape index (κ2) is 11.5. The summed E-state index contributed by atoms with van der Waals surface area (Å²) in [7, 11) is 0. The maximum absolute atomic E-state index is 14.0. The van der Waals surface area contributed by atoms with Crippen LogP contribution in [0.15, 0.2) is 18.2 Å². The summed E-state index contributed by atoms with van der Waals surface area (Å²) in [5.74, 6) is -3.75. The fourth-order valence-electron chi connectivity index (χ4n) is 3.40. The molecule has 30 heavy (non-hydrogen) atoms. The first-order valence-electron chi connectivity index (χ1n) is 9.51. The lowest BCUT2D eigenvalue weighted by atomic mass is 10.1. The second-order valence-corrected chi connectivity index (χ2v) is 7.51. The van der Waals surface area contributed by atoms with Gasteiger partial charge in [0, 0.05) is 42.4 Å². The number of benzene rings is 1. The van der Waals surface area contributed by atoms with Crippen molar-refractivity contribution in [1.29, 1.82) is 0 Å². The summed E-state index contributed by atoms with van der Waals surface area (Å²) in [5, 5.41) is 36.4. The average molecular weight is 449 g/mol. The van der Waals surface area contributed by atoms with Crippen LogP contribution in [-0.2, 0) is 20.9 Å². The number of rotatable bonds is 7. The molecule has 0 spiro atoms. The molecule has 0 aromatic heterocycles. The van der Waals surface area contributed by atoms with E-state index in [1.165, 1.54) is 6.07 Å². The van der Waals surface area contributed by atoms with Gasteiger partial charge in [-0.25, -0.2) is 14.0 Å². The Balaban J connectivity index is 0.000000274. The van der Waals surface area contributed by atoms with Gasteiger partial charge < -0.3 is 30.5 Å². The van der Waals surface area contributed by atoms with Crippen LogP contribution in [0, 0.1) is 5.82 Å². The number of aliphatic hydroxyl groups is 2. The third-order valence-corrected chi connectivity index (χ3v) is 5.44. The van der Waals surface area contributed by atoms with Crippen LogP contribution in [0.1, 0.15) is 18.4 Å². The number of carboxylic acid groups (broad SMARTS) is 2. The lowest BCUT2D eigenvalue weighted by Gasteiger charge is -2.33. The first kappa shape index (κ1) is 24.4. The van der Waals surface area contributed by atoms with Crippen molar-refractivity contribution in [1.82, 2.24) is 10.2 Å². The predicted molar refractivity (Wildman–Crippen MR) is 105 cm³/mol. The normalized spacial score (nSPS) is 23.0. The van der Waals surface area contributed by atoms with Crippen molar-refractivity contribution in [2.75, 3.05) is 26.3 Å². The maximum Gasteiger partial charge on any atom is 0.335 e. The van der Waals surface area contributed by atoms with Crippen LogP contribution in [-0.4, -0.2) is 87.9 Å². The fourth-order valence-corrected chi connectivity index (χ4v) is 3.62. The molecule has 2 fully saturated rings. The molecule has 2 saturated heterocycles. The van der Waals surface area contributed by atoms with Gasteiger partial charge in [-0.2, -0.15) is 0 Å². The van der Waals surface area contributed by atoms with Gasteiger partial charge in [0.25, 0.3) is 0 Å².